The molecule has 2 heterocycles. The third kappa shape index (κ3) is 5.30. The Morgan fingerprint density at radius 2 is 2.11 bits per heavy atom. The Hall–Kier alpha value is -2.87. The Labute approximate surface area is 157 Å². The third-order valence-electron chi connectivity index (χ3n) is 4.41. The van der Waals surface area contributed by atoms with Crippen LogP contribution in [0.15, 0.2) is 28.7 Å². The van der Waals surface area contributed by atoms with Crippen molar-refractivity contribution in [2.24, 2.45) is 0 Å². The Morgan fingerprint density at radius 1 is 1.26 bits per heavy atom. The Kier molecular flexibility index (Phi) is 6.08. The van der Waals surface area contributed by atoms with Crippen molar-refractivity contribution >= 4 is 18.0 Å². The summed E-state index contributed by atoms with van der Waals surface area (Å²) in [5.74, 6) is 0.509. The van der Waals surface area contributed by atoms with Gasteiger partial charge in [-0.05, 0) is 44.4 Å². The lowest BCUT2D eigenvalue weighted by atomic mass is 10.1. The number of amides is 3. The fourth-order valence-corrected chi connectivity index (χ4v) is 2.79. The van der Waals surface area contributed by atoms with Gasteiger partial charge >= 0.3 is 12.0 Å². The summed E-state index contributed by atoms with van der Waals surface area (Å²) in [7, 11) is 0. The molecule has 27 heavy (non-hydrogen) atoms. The number of anilines is 1. The first-order chi connectivity index (χ1) is 13.0. The van der Waals surface area contributed by atoms with E-state index in [0.29, 0.717) is 17.9 Å². The summed E-state index contributed by atoms with van der Waals surface area (Å²) in [6.07, 6.45) is 2.12. The maximum absolute atomic E-state index is 12.3. The highest BCUT2D eigenvalue weighted by atomic mass is 16.5. The molecule has 1 aliphatic heterocycles. The van der Waals surface area contributed by atoms with Crippen LogP contribution in [0, 0.1) is 13.8 Å². The second-order valence-corrected chi connectivity index (χ2v) is 6.51. The van der Waals surface area contributed by atoms with E-state index in [4.69, 9.17) is 9.15 Å². The van der Waals surface area contributed by atoms with Crippen LogP contribution in [0.1, 0.15) is 40.2 Å². The topological polar surface area (TPSA) is 105 Å². The number of rotatable bonds is 6. The average Bonchev–Trinajstić information content (AvgIpc) is 3.28. The van der Waals surface area contributed by atoms with E-state index in [1.807, 2.05) is 6.07 Å². The minimum Gasteiger partial charge on any atom is -0.428 e. The highest BCUT2D eigenvalue weighted by Gasteiger charge is 2.17. The number of carbonyl (C=O) groups excluding carboxylic acids is 2. The van der Waals surface area contributed by atoms with Gasteiger partial charge in [-0.2, -0.15) is 4.98 Å². The second-order valence-electron chi connectivity index (χ2n) is 6.51. The molecule has 0 spiro atoms. The van der Waals surface area contributed by atoms with Gasteiger partial charge in [-0.1, -0.05) is 12.1 Å². The molecule has 3 N–H and O–H groups in total. The maximum Gasteiger partial charge on any atom is 0.323 e. The first kappa shape index (κ1) is 18.9. The minimum absolute atomic E-state index is 0.102. The van der Waals surface area contributed by atoms with Crippen LogP contribution < -0.4 is 16.0 Å². The van der Waals surface area contributed by atoms with Crippen LogP contribution >= 0.6 is 0 Å². The van der Waals surface area contributed by atoms with Crippen LogP contribution in [-0.4, -0.2) is 36.2 Å². The monoisotopic (exact) mass is 372 g/mol. The molecular formula is C19H24N4O4. The molecule has 1 aromatic carbocycles. The van der Waals surface area contributed by atoms with Gasteiger partial charge in [0.2, 0.25) is 0 Å². The maximum atomic E-state index is 12.3. The highest BCUT2D eigenvalue weighted by Crippen LogP contribution is 2.13. The van der Waals surface area contributed by atoms with Gasteiger partial charge in [0, 0.05) is 25.3 Å². The molecule has 0 aliphatic carbocycles. The Balaban J connectivity index is 1.49. The van der Waals surface area contributed by atoms with Gasteiger partial charge in [-0.15, -0.1) is 0 Å². The number of hydrogen-bond acceptors (Lipinski definition) is 5. The normalized spacial score (nSPS) is 16.1. The summed E-state index contributed by atoms with van der Waals surface area (Å²) in [5.41, 5.74) is 2.09. The van der Waals surface area contributed by atoms with Crippen LogP contribution in [0.25, 0.3) is 0 Å². The third-order valence-corrected chi connectivity index (χ3v) is 4.41. The van der Waals surface area contributed by atoms with Crippen molar-refractivity contribution in [1.29, 1.82) is 0 Å². The summed E-state index contributed by atoms with van der Waals surface area (Å²) in [6, 6.07) is 6.86. The minimum atomic E-state index is -0.426. The smallest absolute Gasteiger partial charge is 0.323 e. The van der Waals surface area contributed by atoms with Crippen LogP contribution in [0.2, 0.25) is 0 Å². The van der Waals surface area contributed by atoms with E-state index in [1.54, 1.807) is 32.0 Å². The number of urea groups is 1. The largest absolute Gasteiger partial charge is 0.428 e. The van der Waals surface area contributed by atoms with Crippen LogP contribution in [-0.2, 0) is 11.3 Å². The number of benzene rings is 1. The highest BCUT2D eigenvalue weighted by molar-refractivity contribution is 5.94. The van der Waals surface area contributed by atoms with E-state index in [1.165, 1.54) is 0 Å². The molecule has 0 bridgehead atoms. The summed E-state index contributed by atoms with van der Waals surface area (Å²) in [5, 5.41) is 8.15. The fourth-order valence-electron chi connectivity index (χ4n) is 2.79. The van der Waals surface area contributed by atoms with Crippen molar-refractivity contribution in [3.63, 3.8) is 0 Å². The van der Waals surface area contributed by atoms with Crippen LogP contribution in [0.3, 0.4) is 0 Å². The van der Waals surface area contributed by atoms with Crippen molar-refractivity contribution in [3.05, 3.63) is 46.8 Å². The van der Waals surface area contributed by atoms with Gasteiger partial charge in [-0.3, -0.25) is 10.1 Å². The molecule has 1 saturated heterocycles. The standard InChI is InChI=1S/C19H24N4O4/c1-12-13(2)27-19(22-12)23-18(25)21-10-14-5-3-6-15(9-14)17(24)20-11-16-7-4-8-26-16/h3,5-6,9,16H,4,7-8,10-11H2,1-2H3,(H,20,24)(H2,21,22,23,25)/t16-/m0/s1. The number of aryl methyl sites for hydroxylation is 2. The number of carbonyl (C=O) groups is 2. The first-order valence-corrected chi connectivity index (χ1v) is 8.99. The fraction of sp³-hybridized carbons (Fsp3) is 0.421. The molecule has 0 saturated carbocycles. The number of nitrogens with zero attached hydrogens (tertiary/aromatic N) is 1. The molecular weight excluding hydrogens is 348 g/mol. The van der Waals surface area contributed by atoms with Crippen molar-refractivity contribution < 1.29 is 18.7 Å². The van der Waals surface area contributed by atoms with Crippen molar-refractivity contribution in [3.8, 4) is 0 Å². The lowest BCUT2D eigenvalue weighted by molar-refractivity contribution is 0.0857. The SMILES string of the molecule is Cc1nc(NC(=O)NCc2cccc(C(=O)NC[C@@H]3CCCO3)c2)oc1C. The summed E-state index contributed by atoms with van der Waals surface area (Å²) in [4.78, 5) is 28.3. The van der Waals surface area contributed by atoms with Crippen molar-refractivity contribution in [2.45, 2.75) is 39.3 Å². The molecule has 8 heteroatoms. The zero-order chi connectivity index (χ0) is 19.2. The van der Waals surface area contributed by atoms with Crippen molar-refractivity contribution in [1.82, 2.24) is 15.6 Å². The van der Waals surface area contributed by atoms with Crippen molar-refractivity contribution in [2.75, 3.05) is 18.5 Å². The second kappa shape index (κ2) is 8.68. The summed E-state index contributed by atoms with van der Waals surface area (Å²) < 4.78 is 10.8. The molecule has 1 atom stereocenters. The molecule has 8 nitrogen and oxygen atoms in total. The van der Waals surface area contributed by atoms with Gasteiger partial charge in [0.25, 0.3) is 5.91 Å². The number of aromatic nitrogens is 1. The zero-order valence-corrected chi connectivity index (χ0v) is 15.5. The lowest BCUT2D eigenvalue weighted by Gasteiger charge is -2.11. The first-order valence-electron chi connectivity index (χ1n) is 8.99. The van der Waals surface area contributed by atoms with Gasteiger partial charge in [0.1, 0.15) is 5.76 Å². The summed E-state index contributed by atoms with van der Waals surface area (Å²) >= 11 is 0. The molecule has 2 aromatic rings. The molecule has 3 amide bonds. The van der Waals surface area contributed by atoms with Crippen LogP contribution in [0.5, 0.6) is 0 Å². The van der Waals surface area contributed by atoms with Gasteiger partial charge in [0.05, 0.1) is 11.8 Å². The van der Waals surface area contributed by atoms with E-state index >= 15 is 0 Å². The number of nitrogens with one attached hydrogen (secondary N) is 3. The van der Waals surface area contributed by atoms with E-state index < -0.39 is 6.03 Å². The molecule has 3 rings (SSSR count). The molecule has 1 aliphatic rings. The van der Waals surface area contributed by atoms with Gasteiger partial charge in [0.15, 0.2) is 0 Å². The van der Waals surface area contributed by atoms with Gasteiger partial charge in [-0.25, -0.2) is 4.79 Å². The number of hydrogen-bond donors (Lipinski definition) is 3. The quantitative estimate of drug-likeness (QED) is 0.723. The number of ether oxygens (including phenoxy) is 1. The Morgan fingerprint density at radius 3 is 2.81 bits per heavy atom. The predicted octanol–water partition coefficient (Wildman–Crippen LogP) is 2.52. The molecule has 144 valence electrons. The molecule has 1 aromatic heterocycles. The van der Waals surface area contributed by atoms with E-state index in [2.05, 4.69) is 20.9 Å². The predicted molar refractivity (Wildman–Crippen MR) is 99.6 cm³/mol. The van der Waals surface area contributed by atoms with E-state index in [9.17, 15) is 9.59 Å². The van der Waals surface area contributed by atoms with E-state index in [-0.39, 0.29) is 24.6 Å². The Bertz CT molecular complexity index is 792. The lowest BCUT2D eigenvalue weighted by Crippen LogP contribution is -2.32. The molecule has 1 fully saturated rings. The van der Waals surface area contributed by atoms with Crippen LogP contribution in [0.4, 0.5) is 10.8 Å². The zero-order valence-electron chi connectivity index (χ0n) is 15.5. The van der Waals surface area contributed by atoms with Gasteiger partial charge < -0.3 is 19.8 Å². The van der Waals surface area contributed by atoms with E-state index in [0.717, 1.165) is 30.7 Å². The summed E-state index contributed by atoms with van der Waals surface area (Å²) in [6.45, 7) is 5.13. The average molecular weight is 372 g/mol. The molecule has 0 unspecified atom stereocenters. The molecule has 0 radical (unpaired) electrons. The number of oxazole rings is 1.